The first-order chi connectivity index (χ1) is 28.6. The van der Waals surface area contributed by atoms with Crippen LogP contribution in [0.15, 0.2) is 73.2 Å². The predicted octanol–water partition coefficient (Wildman–Crippen LogP) is 4.74. The Balaban J connectivity index is 0.609. The largest absolute Gasteiger partial charge is 0.494 e. The summed E-state index contributed by atoms with van der Waals surface area (Å²) in [5.41, 5.74) is 5.14. The molecular formula is C45H45N7O7. The predicted molar refractivity (Wildman–Crippen MR) is 217 cm³/mol. The van der Waals surface area contributed by atoms with E-state index in [0.717, 1.165) is 84.2 Å². The van der Waals surface area contributed by atoms with Crippen molar-refractivity contribution < 1.29 is 33.4 Å². The van der Waals surface area contributed by atoms with Crippen LogP contribution in [0.4, 0.5) is 0 Å². The van der Waals surface area contributed by atoms with Crippen molar-refractivity contribution in [2.75, 3.05) is 39.3 Å². The first-order valence-corrected chi connectivity index (χ1v) is 20.6. The van der Waals surface area contributed by atoms with Crippen LogP contribution in [0, 0.1) is 11.3 Å². The lowest BCUT2D eigenvalue weighted by Crippen LogP contribution is -2.66. The van der Waals surface area contributed by atoms with Crippen LogP contribution in [0.1, 0.15) is 65.7 Å². The summed E-state index contributed by atoms with van der Waals surface area (Å²) in [4.78, 5) is 77.3. The van der Waals surface area contributed by atoms with Crippen LogP contribution in [-0.4, -0.2) is 110 Å². The van der Waals surface area contributed by atoms with E-state index in [-0.39, 0.29) is 47.3 Å². The van der Waals surface area contributed by atoms with Crippen molar-refractivity contribution >= 4 is 51.3 Å². The topological polar surface area (TPSA) is 156 Å². The van der Waals surface area contributed by atoms with Gasteiger partial charge in [0, 0.05) is 79.0 Å². The van der Waals surface area contributed by atoms with E-state index in [1.54, 1.807) is 18.2 Å². The molecular weight excluding hydrogens is 751 g/mol. The zero-order valence-corrected chi connectivity index (χ0v) is 32.9. The molecule has 4 aliphatic heterocycles. The highest BCUT2D eigenvalue weighted by Gasteiger charge is 2.55. The monoisotopic (exact) mass is 795 g/mol. The van der Waals surface area contributed by atoms with Gasteiger partial charge in [-0.1, -0.05) is 12.1 Å². The number of likely N-dealkylation sites (tertiary alicyclic amines) is 2. The highest BCUT2D eigenvalue weighted by Crippen LogP contribution is 2.52. The standard InChI is InChI=1S/C45H45N7O7/c1-49-36-13-14-46-22-35(36)32-8-5-27(17-38(32)49)28-6-12-40(47-21-28)59-31-23-51(24-31)42(55)29-19-45(20-29)25-50(26-45)15-3-2-4-16-58-30-7-9-33-34(18-30)44(57)52(43(33)56)37-10-11-39(53)48-41(37)54/h5-9,12-14,17-18,21-22,29,31,37H,2-4,10-11,15-16,19-20,23-26H2,1H3,(H,48,53,54). The maximum Gasteiger partial charge on any atom is 0.262 e. The fourth-order valence-electron chi connectivity index (χ4n) is 9.80. The molecule has 7 heterocycles. The molecule has 0 bridgehead atoms. The molecule has 5 amide bonds. The highest BCUT2D eigenvalue weighted by atomic mass is 16.5. The van der Waals surface area contributed by atoms with Crippen LogP contribution < -0.4 is 14.8 Å². The first-order valence-electron chi connectivity index (χ1n) is 20.6. The lowest BCUT2D eigenvalue weighted by Gasteiger charge is -2.59. The third kappa shape index (κ3) is 6.68. The summed E-state index contributed by atoms with van der Waals surface area (Å²) in [5.74, 6) is -0.662. The van der Waals surface area contributed by atoms with Crippen molar-refractivity contribution in [2.24, 2.45) is 18.4 Å². The molecule has 1 aliphatic carbocycles. The molecule has 1 spiro atoms. The number of hydrogen-bond acceptors (Lipinski definition) is 10. The van der Waals surface area contributed by atoms with Gasteiger partial charge < -0.3 is 23.8 Å². The number of piperidine rings is 1. The fraction of sp³-hybridized carbons (Fsp3) is 0.400. The van der Waals surface area contributed by atoms with Crippen LogP contribution in [0.2, 0.25) is 0 Å². The van der Waals surface area contributed by atoms with Gasteiger partial charge in [-0.3, -0.25) is 39.2 Å². The van der Waals surface area contributed by atoms with Crippen molar-refractivity contribution in [1.29, 1.82) is 0 Å². The van der Waals surface area contributed by atoms with Crippen molar-refractivity contribution in [2.45, 2.75) is 57.1 Å². The number of ether oxygens (including phenoxy) is 2. The molecule has 0 radical (unpaired) electrons. The van der Waals surface area contributed by atoms with Crippen LogP contribution in [-0.2, 0) is 21.4 Å². The molecule has 1 atom stereocenters. The molecule has 5 aromatic rings. The quantitative estimate of drug-likeness (QED) is 0.138. The smallest absolute Gasteiger partial charge is 0.262 e. The minimum atomic E-state index is -0.989. The second-order valence-corrected chi connectivity index (χ2v) is 16.9. The number of benzene rings is 2. The Morgan fingerprint density at radius 3 is 2.47 bits per heavy atom. The van der Waals surface area contributed by atoms with E-state index in [1.807, 2.05) is 41.7 Å². The first kappa shape index (κ1) is 37.1. The van der Waals surface area contributed by atoms with Gasteiger partial charge in [-0.05, 0) is 92.4 Å². The third-order valence-corrected chi connectivity index (χ3v) is 13.0. The average Bonchev–Trinajstić information content (AvgIpc) is 3.62. The van der Waals surface area contributed by atoms with Gasteiger partial charge >= 0.3 is 0 Å². The summed E-state index contributed by atoms with van der Waals surface area (Å²) in [5, 5.41) is 4.53. The maximum atomic E-state index is 13.2. The summed E-state index contributed by atoms with van der Waals surface area (Å²) in [6.45, 7) is 4.80. The van der Waals surface area contributed by atoms with Gasteiger partial charge in [0.05, 0.1) is 36.3 Å². The number of rotatable bonds is 12. The lowest BCUT2D eigenvalue weighted by atomic mass is 9.57. The van der Waals surface area contributed by atoms with E-state index in [4.69, 9.17) is 9.47 Å². The van der Waals surface area contributed by atoms with E-state index in [2.05, 4.69) is 50.0 Å². The van der Waals surface area contributed by atoms with Gasteiger partial charge in [-0.25, -0.2) is 4.98 Å². The maximum absolute atomic E-state index is 13.2. The SMILES string of the molecule is Cn1c2ccncc2c2ccc(-c3ccc(OC4CN(C(=O)C5CC6(C5)CN(CCCCCOc5ccc7c(c5)C(=O)N(C5CCC(=O)NC5=O)C7=O)C6)C4)nc3)cc21. The van der Waals surface area contributed by atoms with Crippen molar-refractivity contribution in [3.05, 3.63) is 84.3 Å². The average molecular weight is 796 g/mol. The fourth-order valence-corrected chi connectivity index (χ4v) is 9.80. The number of hydrogen-bond donors (Lipinski definition) is 1. The number of unbranched alkanes of at least 4 members (excludes halogenated alkanes) is 2. The van der Waals surface area contributed by atoms with Crippen molar-refractivity contribution in [1.82, 2.24) is 34.6 Å². The molecule has 3 saturated heterocycles. The number of nitrogens with zero attached hydrogens (tertiary/aromatic N) is 6. The van der Waals surface area contributed by atoms with Gasteiger partial charge in [0.1, 0.15) is 17.9 Å². The zero-order chi connectivity index (χ0) is 40.4. The highest BCUT2D eigenvalue weighted by molar-refractivity contribution is 6.23. The summed E-state index contributed by atoms with van der Waals surface area (Å²) in [7, 11) is 2.08. The number of amides is 5. The van der Waals surface area contributed by atoms with Crippen LogP contribution in [0.5, 0.6) is 11.6 Å². The molecule has 302 valence electrons. The van der Waals surface area contributed by atoms with Crippen LogP contribution >= 0.6 is 0 Å². The van der Waals surface area contributed by atoms with Crippen LogP contribution in [0.3, 0.4) is 0 Å². The molecule has 14 heteroatoms. The molecule has 5 aliphatic rings. The normalized spacial score (nSPS) is 20.5. The molecule has 2 aromatic carbocycles. The molecule has 10 rings (SSSR count). The van der Waals surface area contributed by atoms with E-state index >= 15 is 0 Å². The van der Waals surface area contributed by atoms with E-state index in [1.165, 1.54) is 5.39 Å². The summed E-state index contributed by atoms with van der Waals surface area (Å²) in [6.07, 6.45) is 10.6. The Hall–Kier alpha value is -6.15. The van der Waals surface area contributed by atoms with Crippen LogP contribution in [0.25, 0.3) is 32.9 Å². The molecule has 1 N–H and O–H groups in total. The second kappa shape index (κ2) is 14.6. The Bertz CT molecular complexity index is 2530. The number of pyridine rings is 2. The minimum absolute atomic E-state index is 0.0437. The van der Waals surface area contributed by atoms with Crippen molar-refractivity contribution in [3.63, 3.8) is 0 Å². The number of aryl methyl sites for hydroxylation is 1. The van der Waals surface area contributed by atoms with Crippen molar-refractivity contribution in [3.8, 4) is 22.8 Å². The summed E-state index contributed by atoms with van der Waals surface area (Å²) in [6, 6.07) is 16.2. The Labute approximate surface area is 340 Å². The molecule has 4 fully saturated rings. The number of imide groups is 2. The number of fused-ring (bicyclic) bond motifs is 4. The number of nitrogens with one attached hydrogen (secondary N) is 1. The number of carbonyl (C=O) groups is 5. The Morgan fingerprint density at radius 1 is 0.864 bits per heavy atom. The zero-order valence-electron chi connectivity index (χ0n) is 32.9. The molecule has 14 nitrogen and oxygen atoms in total. The lowest BCUT2D eigenvalue weighted by molar-refractivity contribution is -0.162. The van der Waals surface area contributed by atoms with E-state index in [0.29, 0.717) is 31.3 Å². The van der Waals surface area contributed by atoms with Gasteiger partial charge in [-0.15, -0.1) is 0 Å². The number of aromatic nitrogens is 3. The Morgan fingerprint density at radius 2 is 1.68 bits per heavy atom. The third-order valence-electron chi connectivity index (χ3n) is 13.0. The Kier molecular flexibility index (Phi) is 9.19. The van der Waals surface area contributed by atoms with E-state index < -0.39 is 29.7 Å². The second-order valence-electron chi connectivity index (χ2n) is 16.9. The van der Waals surface area contributed by atoms with Gasteiger partial charge in [-0.2, -0.15) is 0 Å². The summed E-state index contributed by atoms with van der Waals surface area (Å²) < 4.78 is 14.2. The molecule has 1 unspecified atom stereocenters. The molecule has 3 aromatic heterocycles. The van der Waals surface area contributed by atoms with Gasteiger partial charge in [0.25, 0.3) is 11.8 Å². The van der Waals surface area contributed by atoms with E-state index in [9.17, 15) is 24.0 Å². The molecule has 59 heavy (non-hydrogen) atoms. The molecule has 1 saturated carbocycles. The number of carbonyl (C=O) groups excluding carboxylic acids is 5. The van der Waals surface area contributed by atoms with Gasteiger partial charge in [0.2, 0.25) is 23.6 Å². The summed E-state index contributed by atoms with van der Waals surface area (Å²) >= 11 is 0. The van der Waals surface area contributed by atoms with Gasteiger partial charge in [0.15, 0.2) is 0 Å². The minimum Gasteiger partial charge on any atom is -0.494 e.